The number of benzene rings is 2. The zero-order chi connectivity index (χ0) is 19.7. The van der Waals surface area contributed by atoms with E-state index in [1.807, 2.05) is 42.5 Å². The van der Waals surface area contributed by atoms with E-state index >= 15 is 0 Å². The second-order valence-corrected chi connectivity index (χ2v) is 7.56. The summed E-state index contributed by atoms with van der Waals surface area (Å²) >= 11 is 0. The maximum absolute atomic E-state index is 12.3. The molecule has 0 amide bonds. The van der Waals surface area contributed by atoms with Gasteiger partial charge in [0.1, 0.15) is 0 Å². The predicted octanol–water partition coefficient (Wildman–Crippen LogP) is 4.25. The lowest BCUT2D eigenvalue weighted by atomic mass is 9.87. The van der Waals surface area contributed by atoms with E-state index in [1.54, 1.807) is 10.9 Å². The second-order valence-electron chi connectivity index (χ2n) is 7.56. The summed E-state index contributed by atoms with van der Waals surface area (Å²) in [7, 11) is 0. The van der Waals surface area contributed by atoms with Crippen molar-refractivity contribution in [2.75, 3.05) is 0 Å². The Labute approximate surface area is 162 Å². The molecule has 0 bridgehead atoms. The Hall–Kier alpha value is -3.54. The van der Waals surface area contributed by atoms with Crippen molar-refractivity contribution in [3.05, 3.63) is 82.6 Å². The molecule has 28 heavy (non-hydrogen) atoms. The van der Waals surface area contributed by atoms with Gasteiger partial charge in [0.2, 0.25) is 11.3 Å². The van der Waals surface area contributed by atoms with E-state index in [-0.39, 0.29) is 22.4 Å². The SMILES string of the molecule is CC(C)(C)c1ccc(-c2noc(-c3nn(-c4ccccc4)ccc3=O)n2)cc1. The van der Waals surface area contributed by atoms with Gasteiger partial charge in [-0.25, -0.2) is 4.68 Å². The molecule has 6 heteroatoms. The first-order valence-corrected chi connectivity index (χ1v) is 9.02. The summed E-state index contributed by atoms with van der Waals surface area (Å²) in [6.45, 7) is 6.48. The number of para-hydroxylation sites is 1. The summed E-state index contributed by atoms with van der Waals surface area (Å²) in [4.78, 5) is 16.7. The molecule has 0 saturated carbocycles. The highest BCUT2D eigenvalue weighted by molar-refractivity contribution is 5.58. The Morgan fingerprint density at radius 2 is 1.64 bits per heavy atom. The Kier molecular flexibility index (Phi) is 4.39. The summed E-state index contributed by atoms with van der Waals surface area (Å²) in [5.74, 6) is 0.525. The highest BCUT2D eigenvalue weighted by atomic mass is 16.5. The number of hydrogen-bond donors (Lipinski definition) is 0. The fourth-order valence-corrected chi connectivity index (χ4v) is 2.84. The fourth-order valence-electron chi connectivity index (χ4n) is 2.84. The van der Waals surface area contributed by atoms with Gasteiger partial charge < -0.3 is 4.52 Å². The minimum Gasteiger partial charge on any atom is -0.332 e. The van der Waals surface area contributed by atoms with Gasteiger partial charge in [-0.05, 0) is 23.1 Å². The van der Waals surface area contributed by atoms with Gasteiger partial charge in [-0.15, -0.1) is 0 Å². The zero-order valence-electron chi connectivity index (χ0n) is 16.0. The minimum absolute atomic E-state index is 0.0669. The lowest BCUT2D eigenvalue weighted by Crippen LogP contribution is -2.12. The van der Waals surface area contributed by atoms with Crippen molar-refractivity contribution in [1.82, 2.24) is 19.9 Å². The third-order valence-electron chi connectivity index (χ3n) is 4.47. The van der Waals surface area contributed by atoms with Gasteiger partial charge in [0.15, 0.2) is 5.69 Å². The number of aromatic nitrogens is 4. The molecule has 0 aliphatic heterocycles. The summed E-state index contributed by atoms with van der Waals surface area (Å²) in [6.07, 6.45) is 1.61. The number of hydrogen-bond acceptors (Lipinski definition) is 5. The molecule has 0 N–H and O–H groups in total. The first-order chi connectivity index (χ1) is 13.4. The smallest absolute Gasteiger partial charge is 0.282 e. The lowest BCUT2D eigenvalue weighted by molar-refractivity contribution is 0.429. The average molecular weight is 372 g/mol. The largest absolute Gasteiger partial charge is 0.332 e. The fraction of sp³-hybridized carbons (Fsp3) is 0.182. The molecule has 0 aliphatic carbocycles. The van der Waals surface area contributed by atoms with E-state index in [0.29, 0.717) is 5.82 Å². The normalized spacial score (nSPS) is 11.5. The molecule has 2 aromatic heterocycles. The summed E-state index contributed by atoms with van der Waals surface area (Å²) in [6, 6.07) is 19.0. The van der Waals surface area contributed by atoms with E-state index < -0.39 is 0 Å². The van der Waals surface area contributed by atoms with E-state index in [1.165, 1.54) is 11.6 Å². The zero-order valence-corrected chi connectivity index (χ0v) is 16.0. The van der Waals surface area contributed by atoms with Crippen LogP contribution in [0.2, 0.25) is 0 Å². The Bertz CT molecular complexity index is 1150. The van der Waals surface area contributed by atoms with Crippen LogP contribution in [0.3, 0.4) is 0 Å². The molecule has 6 nitrogen and oxygen atoms in total. The van der Waals surface area contributed by atoms with Gasteiger partial charge in [0, 0.05) is 17.8 Å². The van der Waals surface area contributed by atoms with Crippen molar-refractivity contribution >= 4 is 0 Å². The van der Waals surface area contributed by atoms with Crippen molar-refractivity contribution in [2.45, 2.75) is 26.2 Å². The van der Waals surface area contributed by atoms with Crippen molar-refractivity contribution in [3.8, 4) is 28.7 Å². The van der Waals surface area contributed by atoms with E-state index in [2.05, 4.69) is 48.1 Å². The van der Waals surface area contributed by atoms with Crippen LogP contribution in [-0.2, 0) is 5.41 Å². The highest BCUT2D eigenvalue weighted by Gasteiger charge is 2.17. The molecular weight excluding hydrogens is 352 g/mol. The molecule has 0 spiro atoms. The van der Waals surface area contributed by atoms with Crippen LogP contribution in [0.25, 0.3) is 28.7 Å². The Morgan fingerprint density at radius 3 is 2.32 bits per heavy atom. The second kappa shape index (κ2) is 6.88. The highest BCUT2D eigenvalue weighted by Crippen LogP contribution is 2.25. The molecule has 0 saturated heterocycles. The quantitative estimate of drug-likeness (QED) is 0.537. The molecule has 2 heterocycles. The molecule has 0 radical (unpaired) electrons. The van der Waals surface area contributed by atoms with Crippen molar-refractivity contribution in [2.24, 2.45) is 0 Å². The first-order valence-electron chi connectivity index (χ1n) is 9.02. The summed E-state index contributed by atoms with van der Waals surface area (Å²) in [5.41, 5.74) is 2.79. The van der Waals surface area contributed by atoms with Crippen LogP contribution in [0.4, 0.5) is 0 Å². The van der Waals surface area contributed by atoms with Gasteiger partial charge in [-0.3, -0.25) is 4.79 Å². The van der Waals surface area contributed by atoms with Gasteiger partial charge in [-0.1, -0.05) is 68.4 Å². The van der Waals surface area contributed by atoms with Gasteiger partial charge in [-0.2, -0.15) is 10.1 Å². The van der Waals surface area contributed by atoms with E-state index in [9.17, 15) is 4.79 Å². The van der Waals surface area contributed by atoms with Crippen LogP contribution < -0.4 is 5.43 Å². The van der Waals surface area contributed by atoms with Crippen molar-refractivity contribution < 1.29 is 4.52 Å². The molecule has 0 fully saturated rings. The summed E-state index contributed by atoms with van der Waals surface area (Å²) < 4.78 is 6.95. The molecule has 2 aromatic carbocycles. The predicted molar refractivity (Wildman–Crippen MR) is 107 cm³/mol. The van der Waals surface area contributed by atoms with Gasteiger partial charge in [0.05, 0.1) is 5.69 Å². The molecule has 4 aromatic rings. The maximum Gasteiger partial charge on any atom is 0.282 e. The third-order valence-corrected chi connectivity index (χ3v) is 4.47. The van der Waals surface area contributed by atoms with E-state index in [0.717, 1.165) is 11.3 Å². The lowest BCUT2D eigenvalue weighted by Gasteiger charge is -2.18. The molecule has 140 valence electrons. The Balaban J connectivity index is 1.69. The van der Waals surface area contributed by atoms with Crippen molar-refractivity contribution in [3.63, 3.8) is 0 Å². The topological polar surface area (TPSA) is 73.8 Å². The van der Waals surface area contributed by atoms with Gasteiger partial charge >= 0.3 is 0 Å². The molecule has 0 atom stereocenters. The number of nitrogens with zero attached hydrogens (tertiary/aromatic N) is 4. The molecule has 0 unspecified atom stereocenters. The van der Waals surface area contributed by atoms with E-state index in [4.69, 9.17) is 4.52 Å². The molecule has 4 rings (SSSR count). The van der Waals surface area contributed by atoms with Crippen molar-refractivity contribution in [1.29, 1.82) is 0 Å². The average Bonchev–Trinajstić information content (AvgIpc) is 3.18. The first kappa shape index (κ1) is 17.9. The van der Waals surface area contributed by atoms with Crippen LogP contribution in [0.1, 0.15) is 26.3 Å². The number of rotatable bonds is 3. The maximum atomic E-state index is 12.3. The van der Waals surface area contributed by atoms with Crippen LogP contribution in [0, 0.1) is 0 Å². The van der Waals surface area contributed by atoms with Crippen LogP contribution in [-0.4, -0.2) is 19.9 Å². The summed E-state index contributed by atoms with van der Waals surface area (Å²) in [5, 5.41) is 8.40. The standard InChI is InChI=1S/C22H20N4O2/c1-22(2,3)16-11-9-15(10-12-16)20-23-21(28-25-20)19-18(27)13-14-26(24-19)17-7-5-4-6-8-17/h4-14H,1-3H3. The van der Waals surface area contributed by atoms with Crippen LogP contribution in [0.15, 0.2) is 76.2 Å². The Morgan fingerprint density at radius 1 is 0.929 bits per heavy atom. The van der Waals surface area contributed by atoms with Crippen LogP contribution in [0.5, 0.6) is 0 Å². The minimum atomic E-state index is -0.273. The molecular formula is C22H20N4O2. The molecule has 0 aliphatic rings. The van der Waals surface area contributed by atoms with Gasteiger partial charge in [0.25, 0.3) is 5.89 Å². The van der Waals surface area contributed by atoms with Crippen LogP contribution >= 0.6 is 0 Å². The monoisotopic (exact) mass is 372 g/mol. The third kappa shape index (κ3) is 3.49.